The molecule has 1 amide bonds. The third-order valence-corrected chi connectivity index (χ3v) is 3.97. The fraction of sp³-hybridized carbons (Fsp3) is 0.467. The standard InChI is InChI=1S/C15H17NO3/c1-2-14(18)16-8-7-15(10-16)9-12(17)11-5-3-4-6-13(11)19-15/h3-6H,2,7-10H2,1H3. The Hall–Kier alpha value is -1.84. The van der Waals surface area contributed by atoms with Crippen LogP contribution in [0.4, 0.5) is 0 Å². The van der Waals surface area contributed by atoms with E-state index in [1.54, 1.807) is 11.0 Å². The van der Waals surface area contributed by atoms with E-state index in [1.807, 2.05) is 25.1 Å². The monoisotopic (exact) mass is 259 g/mol. The lowest BCUT2D eigenvalue weighted by Gasteiger charge is -2.34. The van der Waals surface area contributed by atoms with Crippen molar-refractivity contribution in [2.75, 3.05) is 13.1 Å². The van der Waals surface area contributed by atoms with E-state index in [2.05, 4.69) is 0 Å². The summed E-state index contributed by atoms with van der Waals surface area (Å²) >= 11 is 0. The van der Waals surface area contributed by atoms with Crippen molar-refractivity contribution in [2.45, 2.75) is 31.8 Å². The SMILES string of the molecule is CCC(=O)N1CCC2(CC(=O)c3ccccc3O2)C1. The molecule has 3 rings (SSSR count). The maximum Gasteiger partial charge on any atom is 0.222 e. The minimum Gasteiger partial charge on any atom is -0.484 e. The number of ether oxygens (including phenoxy) is 1. The van der Waals surface area contributed by atoms with Crippen LogP contribution >= 0.6 is 0 Å². The van der Waals surface area contributed by atoms with Gasteiger partial charge in [0.2, 0.25) is 5.91 Å². The molecule has 1 atom stereocenters. The molecule has 1 aromatic carbocycles. The Morgan fingerprint density at radius 3 is 3.00 bits per heavy atom. The highest BCUT2D eigenvalue weighted by Crippen LogP contribution is 2.38. The lowest BCUT2D eigenvalue weighted by atomic mass is 9.89. The number of para-hydroxylation sites is 1. The van der Waals surface area contributed by atoms with Crippen LogP contribution in [0.25, 0.3) is 0 Å². The number of Topliss-reactive ketones (excluding diaryl/α,β-unsaturated/α-hetero) is 1. The quantitative estimate of drug-likeness (QED) is 0.775. The first-order chi connectivity index (χ1) is 9.13. The summed E-state index contributed by atoms with van der Waals surface area (Å²) in [6, 6.07) is 7.35. The van der Waals surface area contributed by atoms with Gasteiger partial charge in [-0.15, -0.1) is 0 Å². The van der Waals surface area contributed by atoms with E-state index >= 15 is 0 Å². The van der Waals surface area contributed by atoms with Crippen LogP contribution in [-0.2, 0) is 4.79 Å². The number of carbonyl (C=O) groups is 2. The Labute approximate surface area is 112 Å². The highest BCUT2D eigenvalue weighted by atomic mass is 16.5. The second-order valence-electron chi connectivity index (χ2n) is 5.30. The van der Waals surface area contributed by atoms with Gasteiger partial charge in [-0.2, -0.15) is 0 Å². The summed E-state index contributed by atoms with van der Waals surface area (Å²) in [5.41, 5.74) is 0.157. The third-order valence-electron chi connectivity index (χ3n) is 3.97. The molecule has 0 saturated carbocycles. The number of hydrogen-bond donors (Lipinski definition) is 0. The van der Waals surface area contributed by atoms with Gasteiger partial charge in [-0.1, -0.05) is 19.1 Å². The summed E-state index contributed by atoms with van der Waals surface area (Å²) in [5, 5.41) is 0. The third kappa shape index (κ3) is 2.01. The van der Waals surface area contributed by atoms with Crippen LogP contribution in [0.5, 0.6) is 5.75 Å². The number of benzene rings is 1. The first-order valence-electron chi connectivity index (χ1n) is 6.72. The predicted molar refractivity (Wildman–Crippen MR) is 70.2 cm³/mol. The molecule has 2 aliphatic heterocycles. The molecule has 1 spiro atoms. The van der Waals surface area contributed by atoms with Crippen LogP contribution in [-0.4, -0.2) is 35.3 Å². The van der Waals surface area contributed by atoms with Crippen LogP contribution in [0.2, 0.25) is 0 Å². The highest BCUT2D eigenvalue weighted by Gasteiger charge is 2.46. The number of fused-ring (bicyclic) bond motifs is 1. The van der Waals surface area contributed by atoms with Crippen molar-refractivity contribution < 1.29 is 14.3 Å². The molecule has 1 aromatic rings. The van der Waals surface area contributed by atoms with Crippen LogP contribution in [0.3, 0.4) is 0 Å². The first kappa shape index (κ1) is 12.2. The van der Waals surface area contributed by atoms with Crippen molar-refractivity contribution in [1.29, 1.82) is 0 Å². The molecule has 2 aliphatic rings. The molecule has 4 nitrogen and oxygen atoms in total. The van der Waals surface area contributed by atoms with Crippen molar-refractivity contribution in [2.24, 2.45) is 0 Å². The average molecular weight is 259 g/mol. The van der Waals surface area contributed by atoms with Crippen molar-refractivity contribution in [3.8, 4) is 5.75 Å². The van der Waals surface area contributed by atoms with Gasteiger partial charge in [0.15, 0.2) is 5.78 Å². The summed E-state index contributed by atoms with van der Waals surface area (Å²) < 4.78 is 6.06. The fourth-order valence-corrected chi connectivity index (χ4v) is 2.95. The zero-order chi connectivity index (χ0) is 13.5. The molecule has 1 unspecified atom stereocenters. The van der Waals surface area contributed by atoms with Crippen molar-refractivity contribution in [3.63, 3.8) is 0 Å². The molecule has 2 heterocycles. The molecule has 0 aliphatic carbocycles. The van der Waals surface area contributed by atoms with E-state index in [-0.39, 0.29) is 11.7 Å². The normalized spacial score (nSPS) is 25.3. The van der Waals surface area contributed by atoms with Crippen LogP contribution in [0.1, 0.15) is 36.5 Å². The van der Waals surface area contributed by atoms with Gasteiger partial charge in [0.25, 0.3) is 0 Å². The van der Waals surface area contributed by atoms with Gasteiger partial charge in [-0.05, 0) is 12.1 Å². The summed E-state index contributed by atoms with van der Waals surface area (Å²) in [7, 11) is 0. The van der Waals surface area contributed by atoms with E-state index in [0.717, 1.165) is 6.42 Å². The van der Waals surface area contributed by atoms with E-state index in [0.29, 0.717) is 37.2 Å². The number of nitrogens with zero attached hydrogens (tertiary/aromatic N) is 1. The molecule has 1 saturated heterocycles. The van der Waals surface area contributed by atoms with Gasteiger partial charge in [-0.25, -0.2) is 0 Å². The van der Waals surface area contributed by atoms with Crippen molar-refractivity contribution >= 4 is 11.7 Å². The Balaban J connectivity index is 1.86. The largest absolute Gasteiger partial charge is 0.484 e. The Morgan fingerprint density at radius 2 is 2.21 bits per heavy atom. The molecule has 0 bridgehead atoms. The minimum absolute atomic E-state index is 0.118. The van der Waals surface area contributed by atoms with Crippen molar-refractivity contribution in [1.82, 2.24) is 4.90 Å². The maximum atomic E-state index is 12.2. The second-order valence-corrected chi connectivity index (χ2v) is 5.30. The average Bonchev–Trinajstić information content (AvgIpc) is 2.81. The Bertz CT molecular complexity index is 540. The highest BCUT2D eigenvalue weighted by molar-refractivity contribution is 6.00. The van der Waals surface area contributed by atoms with Crippen LogP contribution in [0.15, 0.2) is 24.3 Å². The molecule has 19 heavy (non-hydrogen) atoms. The molecule has 0 aromatic heterocycles. The molecule has 1 fully saturated rings. The van der Waals surface area contributed by atoms with Gasteiger partial charge >= 0.3 is 0 Å². The maximum absolute atomic E-state index is 12.2. The molecular formula is C15H17NO3. The fourth-order valence-electron chi connectivity index (χ4n) is 2.95. The summed E-state index contributed by atoms with van der Waals surface area (Å²) in [6.07, 6.45) is 1.61. The molecule has 4 heteroatoms. The van der Waals surface area contributed by atoms with Gasteiger partial charge in [0.05, 0.1) is 18.5 Å². The van der Waals surface area contributed by atoms with Gasteiger partial charge in [0, 0.05) is 19.4 Å². The van der Waals surface area contributed by atoms with Gasteiger partial charge in [-0.3, -0.25) is 9.59 Å². The molecule has 0 N–H and O–H groups in total. The number of carbonyl (C=O) groups excluding carboxylic acids is 2. The zero-order valence-electron chi connectivity index (χ0n) is 11.0. The van der Waals surface area contributed by atoms with Crippen LogP contribution < -0.4 is 4.74 Å². The van der Waals surface area contributed by atoms with Gasteiger partial charge < -0.3 is 9.64 Å². The molecule has 100 valence electrons. The summed E-state index contributed by atoms with van der Waals surface area (Å²) in [5.74, 6) is 0.906. The lowest BCUT2D eigenvalue weighted by molar-refractivity contribution is -0.130. The molecule has 0 radical (unpaired) electrons. The number of amides is 1. The van der Waals surface area contributed by atoms with E-state index in [4.69, 9.17) is 4.74 Å². The van der Waals surface area contributed by atoms with E-state index < -0.39 is 5.60 Å². The summed E-state index contributed by atoms with van der Waals surface area (Å²) in [4.78, 5) is 25.8. The zero-order valence-corrected chi connectivity index (χ0v) is 11.0. The number of hydrogen-bond acceptors (Lipinski definition) is 3. The minimum atomic E-state index is -0.504. The predicted octanol–water partition coefficient (Wildman–Crippen LogP) is 2.03. The number of likely N-dealkylation sites (tertiary alicyclic amines) is 1. The summed E-state index contributed by atoms with van der Waals surface area (Å²) in [6.45, 7) is 3.07. The van der Waals surface area contributed by atoms with E-state index in [9.17, 15) is 9.59 Å². The van der Waals surface area contributed by atoms with Crippen LogP contribution in [0, 0.1) is 0 Å². The second kappa shape index (κ2) is 4.37. The Morgan fingerprint density at radius 1 is 1.42 bits per heavy atom. The smallest absolute Gasteiger partial charge is 0.222 e. The Kier molecular flexibility index (Phi) is 2.81. The topological polar surface area (TPSA) is 46.6 Å². The van der Waals surface area contributed by atoms with E-state index in [1.165, 1.54) is 0 Å². The van der Waals surface area contributed by atoms with Crippen molar-refractivity contribution in [3.05, 3.63) is 29.8 Å². The van der Waals surface area contributed by atoms with Gasteiger partial charge in [0.1, 0.15) is 11.4 Å². The lowest BCUT2D eigenvalue weighted by Crippen LogP contribution is -2.45. The number of ketones is 1. The number of rotatable bonds is 1. The molecular weight excluding hydrogens is 242 g/mol. The first-order valence-corrected chi connectivity index (χ1v) is 6.72.